The lowest BCUT2D eigenvalue weighted by Gasteiger charge is -2.32. The third-order valence-electron chi connectivity index (χ3n) is 2.63. The Labute approximate surface area is 89.7 Å². The highest BCUT2D eigenvalue weighted by molar-refractivity contribution is 5.67. The minimum absolute atomic E-state index is 0.0415. The van der Waals surface area contributed by atoms with E-state index in [9.17, 15) is 4.79 Å². The van der Waals surface area contributed by atoms with E-state index in [1.165, 1.54) is 0 Å². The molecule has 0 aliphatic rings. The van der Waals surface area contributed by atoms with Crippen LogP contribution in [0.5, 0.6) is 0 Å². The molecule has 0 amide bonds. The van der Waals surface area contributed by atoms with Gasteiger partial charge in [-0.1, -0.05) is 13.8 Å². The van der Waals surface area contributed by atoms with E-state index < -0.39 is 5.97 Å². The van der Waals surface area contributed by atoms with Gasteiger partial charge in [0.2, 0.25) is 0 Å². The minimum atomic E-state index is -0.768. The Morgan fingerprint density at radius 3 is 2.73 bits per heavy atom. The average Bonchev–Trinajstić information content (AvgIpc) is 2.54. The highest BCUT2D eigenvalue weighted by atomic mass is 16.4. The maximum Gasteiger partial charge on any atom is 0.303 e. The van der Waals surface area contributed by atoms with Crippen molar-refractivity contribution in [2.24, 2.45) is 5.41 Å². The zero-order chi connectivity index (χ0) is 11.5. The summed E-state index contributed by atoms with van der Waals surface area (Å²) >= 11 is 0. The molecule has 4 nitrogen and oxygen atoms in total. The molecule has 0 radical (unpaired) electrons. The molecule has 0 bridgehead atoms. The lowest BCUT2D eigenvalue weighted by atomic mass is 9.78. The van der Waals surface area contributed by atoms with Gasteiger partial charge in [0, 0.05) is 18.4 Å². The Balaban J connectivity index is 2.86. The molecule has 1 rings (SSSR count). The molecule has 1 atom stereocenters. The van der Waals surface area contributed by atoms with Gasteiger partial charge >= 0.3 is 5.97 Å². The number of H-pyrrole nitrogens is 1. The number of carboxylic acid groups (broad SMARTS) is 1. The third-order valence-corrected chi connectivity index (χ3v) is 2.63. The Morgan fingerprint density at radius 2 is 2.33 bits per heavy atom. The topological polar surface area (TPSA) is 65.1 Å². The van der Waals surface area contributed by atoms with E-state index in [0.29, 0.717) is 0 Å². The number of aromatic nitrogens is 1. The van der Waals surface area contributed by atoms with E-state index in [1.807, 2.05) is 39.4 Å². The quantitative estimate of drug-likeness (QED) is 0.694. The summed E-state index contributed by atoms with van der Waals surface area (Å²) in [6.07, 6.45) is 3.88. The number of hydrogen-bond donors (Lipinski definition) is 3. The molecule has 0 spiro atoms. The molecule has 0 saturated carbocycles. The molecule has 1 heterocycles. The first kappa shape index (κ1) is 11.8. The van der Waals surface area contributed by atoms with Crippen LogP contribution in [0.2, 0.25) is 0 Å². The fourth-order valence-corrected chi connectivity index (χ4v) is 2.02. The summed E-state index contributed by atoms with van der Waals surface area (Å²) in [4.78, 5) is 13.8. The van der Waals surface area contributed by atoms with E-state index in [2.05, 4.69) is 10.3 Å². The van der Waals surface area contributed by atoms with Crippen molar-refractivity contribution >= 4 is 5.97 Å². The van der Waals surface area contributed by atoms with Crippen LogP contribution in [-0.4, -0.2) is 23.1 Å². The molecule has 4 heteroatoms. The fourth-order valence-electron chi connectivity index (χ4n) is 2.02. The largest absolute Gasteiger partial charge is 0.481 e. The van der Waals surface area contributed by atoms with Gasteiger partial charge in [-0.2, -0.15) is 0 Å². The minimum Gasteiger partial charge on any atom is -0.481 e. The van der Waals surface area contributed by atoms with E-state index in [-0.39, 0.29) is 17.9 Å². The lowest BCUT2D eigenvalue weighted by Crippen LogP contribution is -2.33. The maximum absolute atomic E-state index is 10.8. The molecule has 84 valence electrons. The SMILES string of the molecule is CNC(c1cc[nH]c1)C(C)(C)CC(=O)O. The van der Waals surface area contributed by atoms with Crippen LogP contribution in [0.1, 0.15) is 31.9 Å². The standard InChI is InChI=1S/C11H18N2O2/c1-11(2,6-9(14)15)10(12-3)8-4-5-13-7-8/h4-5,7,10,12-13H,6H2,1-3H3,(H,14,15). The number of aromatic amines is 1. The first-order chi connectivity index (χ1) is 6.97. The van der Waals surface area contributed by atoms with Gasteiger partial charge in [-0.05, 0) is 24.1 Å². The monoisotopic (exact) mass is 210 g/mol. The second-order valence-corrected chi connectivity index (χ2v) is 4.43. The maximum atomic E-state index is 10.8. The Hall–Kier alpha value is -1.29. The van der Waals surface area contributed by atoms with Crippen molar-refractivity contribution in [3.05, 3.63) is 24.0 Å². The second-order valence-electron chi connectivity index (χ2n) is 4.43. The summed E-state index contributed by atoms with van der Waals surface area (Å²) in [6, 6.07) is 2.00. The van der Waals surface area contributed by atoms with Crippen LogP contribution in [0.3, 0.4) is 0 Å². The molecule has 3 N–H and O–H groups in total. The van der Waals surface area contributed by atoms with Crippen LogP contribution in [-0.2, 0) is 4.79 Å². The molecule has 1 aromatic rings. The van der Waals surface area contributed by atoms with E-state index in [1.54, 1.807) is 0 Å². The molecular formula is C11H18N2O2. The van der Waals surface area contributed by atoms with Crippen molar-refractivity contribution in [3.63, 3.8) is 0 Å². The Morgan fingerprint density at radius 1 is 1.67 bits per heavy atom. The normalized spacial score (nSPS) is 13.8. The van der Waals surface area contributed by atoms with E-state index in [0.717, 1.165) is 5.56 Å². The number of nitrogens with one attached hydrogen (secondary N) is 2. The number of carboxylic acids is 1. The van der Waals surface area contributed by atoms with Gasteiger partial charge in [0.05, 0.1) is 6.42 Å². The summed E-state index contributed by atoms with van der Waals surface area (Å²) in [6.45, 7) is 3.91. The first-order valence-electron chi connectivity index (χ1n) is 4.99. The van der Waals surface area contributed by atoms with Crippen LogP contribution in [0, 0.1) is 5.41 Å². The predicted molar refractivity (Wildman–Crippen MR) is 58.6 cm³/mol. The zero-order valence-electron chi connectivity index (χ0n) is 9.37. The number of aliphatic carboxylic acids is 1. The van der Waals surface area contributed by atoms with Gasteiger partial charge in [0.1, 0.15) is 0 Å². The summed E-state index contributed by atoms with van der Waals surface area (Å²) in [5, 5.41) is 12.0. The smallest absolute Gasteiger partial charge is 0.303 e. The molecule has 0 aliphatic carbocycles. The molecule has 1 aromatic heterocycles. The number of carbonyl (C=O) groups is 1. The zero-order valence-corrected chi connectivity index (χ0v) is 9.37. The Bertz CT molecular complexity index is 317. The van der Waals surface area contributed by atoms with Crippen LogP contribution in [0.15, 0.2) is 18.5 Å². The third kappa shape index (κ3) is 2.83. The second kappa shape index (κ2) is 4.49. The van der Waals surface area contributed by atoms with Gasteiger partial charge in [0.15, 0.2) is 0 Å². The van der Waals surface area contributed by atoms with Crippen molar-refractivity contribution in [1.29, 1.82) is 0 Å². The summed E-state index contributed by atoms with van der Waals surface area (Å²) in [7, 11) is 1.85. The highest BCUT2D eigenvalue weighted by Gasteiger charge is 2.32. The molecule has 15 heavy (non-hydrogen) atoms. The van der Waals surface area contributed by atoms with Crippen molar-refractivity contribution in [1.82, 2.24) is 10.3 Å². The van der Waals surface area contributed by atoms with Crippen molar-refractivity contribution < 1.29 is 9.90 Å². The summed E-state index contributed by atoms with van der Waals surface area (Å²) < 4.78 is 0. The Kier molecular flexibility index (Phi) is 3.52. The number of hydrogen-bond acceptors (Lipinski definition) is 2. The van der Waals surface area contributed by atoms with Crippen LogP contribution in [0.4, 0.5) is 0 Å². The van der Waals surface area contributed by atoms with Crippen LogP contribution in [0.25, 0.3) is 0 Å². The molecule has 0 saturated heterocycles. The number of rotatable bonds is 5. The molecule has 0 aromatic carbocycles. The molecule has 0 aliphatic heterocycles. The molecule has 0 fully saturated rings. The average molecular weight is 210 g/mol. The van der Waals surface area contributed by atoms with Crippen molar-refractivity contribution in [2.45, 2.75) is 26.3 Å². The van der Waals surface area contributed by atoms with Gasteiger partial charge < -0.3 is 15.4 Å². The van der Waals surface area contributed by atoms with Gasteiger partial charge in [-0.25, -0.2) is 0 Å². The summed E-state index contributed by atoms with van der Waals surface area (Å²) in [5.74, 6) is -0.768. The van der Waals surface area contributed by atoms with Gasteiger partial charge in [-0.15, -0.1) is 0 Å². The highest BCUT2D eigenvalue weighted by Crippen LogP contribution is 2.35. The van der Waals surface area contributed by atoms with E-state index in [4.69, 9.17) is 5.11 Å². The lowest BCUT2D eigenvalue weighted by molar-refractivity contribution is -0.139. The summed E-state index contributed by atoms with van der Waals surface area (Å²) in [5.41, 5.74) is 0.770. The molecule has 1 unspecified atom stereocenters. The van der Waals surface area contributed by atoms with Crippen molar-refractivity contribution in [3.8, 4) is 0 Å². The first-order valence-corrected chi connectivity index (χ1v) is 4.99. The fraction of sp³-hybridized carbons (Fsp3) is 0.545. The molecular weight excluding hydrogens is 192 g/mol. The van der Waals surface area contributed by atoms with Crippen molar-refractivity contribution in [2.75, 3.05) is 7.05 Å². The van der Waals surface area contributed by atoms with Gasteiger partial charge in [-0.3, -0.25) is 4.79 Å². The predicted octanol–water partition coefficient (Wildman–Crippen LogP) is 1.78. The van der Waals surface area contributed by atoms with Gasteiger partial charge in [0.25, 0.3) is 0 Å². The van der Waals surface area contributed by atoms with Crippen LogP contribution < -0.4 is 5.32 Å². The van der Waals surface area contributed by atoms with E-state index >= 15 is 0 Å². The van der Waals surface area contributed by atoms with Crippen LogP contribution >= 0.6 is 0 Å².